The molecule has 0 fully saturated rings. The van der Waals surface area contributed by atoms with Crippen molar-refractivity contribution in [1.29, 1.82) is 0 Å². The minimum absolute atomic E-state index is 0. The molecule has 0 aromatic carbocycles. The standard InChI is InChI=1S/C7H13NO4S.Li.H/c1-2-7(9)8-5-3-4-6-13(10,11)12;;/h2H,1,3-6H2,(H,8,9)(H,10,11,12);;/q;+1;-1. The second-order valence-electron chi connectivity index (χ2n) is 2.49. The van der Waals surface area contributed by atoms with Crippen molar-refractivity contribution >= 4 is 16.0 Å². The molecular formula is C7H14LiNO4S. The molecule has 2 N–H and O–H groups in total. The Kier molecular flexibility index (Phi) is 9.30. The van der Waals surface area contributed by atoms with Crippen LogP contribution in [0.3, 0.4) is 0 Å². The average Bonchev–Trinajstić information content (AvgIpc) is 2.01. The van der Waals surface area contributed by atoms with Crippen molar-refractivity contribution in [3.8, 4) is 0 Å². The largest absolute Gasteiger partial charge is 1.00 e. The molecule has 0 heterocycles. The molecule has 0 aromatic heterocycles. The van der Waals surface area contributed by atoms with Gasteiger partial charge in [0, 0.05) is 6.54 Å². The van der Waals surface area contributed by atoms with E-state index in [1.54, 1.807) is 0 Å². The Balaban J connectivity index is -0.000000720. The average molecular weight is 215 g/mol. The molecule has 0 saturated heterocycles. The first kappa shape index (κ1) is 16.2. The Morgan fingerprint density at radius 2 is 2.07 bits per heavy atom. The molecule has 0 saturated carbocycles. The maximum atomic E-state index is 10.6. The van der Waals surface area contributed by atoms with Crippen molar-refractivity contribution in [3.63, 3.8) is 0 Å². The van der Waals surface area contributed by atoms with Crippen molar-refractivity contribution in [3.05, 3.63) is 12.7 Å². The number of hydrogen-bond donors (Lipinski definition) is 2. The fourth-order valence-electron chi connectivity index (χ4n) is 0.693. The van der Waals surface area contributed by atoms with Gasteiger partial charge in [-0.25, -0.2) is 0 Å². The Labute approximate surface area is 97.4 Å². The zero-order valence-corrected chi connectivity index (χ0v) is 9.01. The van der Waals surface area contributed by atoms with Gasteiger partial charge < -0.3 is 6.74 Å². The number of unbranched alkanes of at least 4 members (excludes halogenated alkanes) is 1. The molecule has 78 valence electrons. The van der Waals surface area contributed by atoms with E-state index in [0.29, 0.717) is 19.4 Å². The second-order valence-corrected chi connectivity index (χ2v) is 4.06. The Morgan fingerprint density at radius 3 is 2.50 bits per heavy atom. The van der Waals surface area contributed by atoms with Crippen molar-refractivity contribution in [2.45, 2.75) is 12.8 Å². The summed E-state index contributed by atoms with van der Waals surface area (Å²) < 4.78 is 28.8. The van der Waals surface area contributed by atoms with Crippen LogP contribution in [0.15, 0.2) is 12.7 Å². The summed E-state index contributed by atoms with van der Waals surface area (Å²) in [5, 5.41) is 2.49. The first-order valence-corrected chi connectivity index (χ1v) is 5.42. The van der Waals surface area contributed by atoms with Gasteiger partial charge in [0.2, 0.25) is 5.91 Å². The van der Waals surface area contributed by atoms with Crippen LogP contribution in [0.1, 0.15) is 14.3 Å². The fraction of sp³-hybridized carbons (Fsp3) is 0.571. The molecule has 0 aliphatic heterocycles. The summed E-state index contributed by atoms with van der Waals surface area (Å²) in [4.78, 5) is 10.6. The maximum Gasteiger partial charge on any atom is 1.00 e. The van der Waals surface area contributed by atoms with Crippen molar-refractivity contribution < 1.29 is 38.1 Å². The smallest absolute Gasteiger partial charge is 1.00 e. The summed E-state index contributed by atoms with van der Waals surface area (Å²) in [5.74, 6) is -0.552. The molecule has 0 spiro atoms. The number of carbonyl (C=O) groups excluding carboxylic acids is 1. The minimum Gasteiger partial charge on any atom is -1.00 e. The molecular weight excluding hydrogens is 201 g/mol. The van der Waals surface area contributed by atoms with E-state index in [4.69, 9.17) is 4.55 Å². The predicted molar refractivity (Wildman–Crippen MR) is 50.0 cm³/mol. The summed E-state index contributed by atoms with van der Waals surface area (Å²) in [6, 6.07) is 0. The van der Waals surface area contributed by atoms with Gasteiger partial charge in [0.1, 0.15) is 0 Å². The Morgan fingerprint density at radius 1 is 1.50 bits per heavy atom. The van der Waals surface area contributed by atoms with Gasteiger partial charge in [-0.2, -0.15) is 8.42 Å². The van der Waals surface area contributed by atoms with Gasteiger partial charge in [0.15, 0.2) is 0 Å². The number of carbonyl (C=O) groups is 1. The molecule has 0 rings (SSSR count). The fourth-order valence-corrected chi connectivity index (χ4v) is 1.26. The molecule has 0 radical (unpaired) electrons. The molecule has 14 heavy (non-hydrogen) atoms. The third kappa shape index (κ3) is 11.7. The number of amides is 1. The van der Waals surface area contributed by atoms with Crippen LogP contribution in [0.4, 0.5) is 0 Å². The van der Waals surface area contributed by atoms with Crippen molar-refractivity contribution in [2.75, 3.05) is 12.3 Å². The zero-order valence-electron chi connectivity index (χ0n) is 9.19. The Hall–Kier alpha value is -0.283. The van der Waals surface area contributed by atoms with Gasteiger partial charge in [-0.3, -0.25) is 9.35 Å². The quantitative estimate of drug-likeness (QED) is 0.215. The molecule has 0 aliphatic rings. The molecule has 0 aromatic rings. The Bertz CT molecular complexity index is 281. The van der Waals surface area contributed by atoms with Crippen LogP contribution in [0, 0.1) is 0 Å². The van der Waals surface area contributed by atoms with E-state index < -0.39 is 10.1 Å². The third-order valence-electron chi connectivity index (χ3n) is 1.31. The van der Waals surface area contributed by atoms with E-state index in [2.05, 4.69) is 11.9 Å². The van der Waals surface area contributed by atoms with E-state index in [0.717, 1.165) is 6.08 Å². The SMILES string of the molecule is C=CC(=O)NCCCCS(=O)(=O)O.[H-].[Li+]. The van der Waals surface area contributed by atoms with Crippen LogP contribution in [-0.4, -0.2) is 31.2 Å². The van der Waals surface area contributed by atoms with Crippen LogP contribution in [0.5, 0.6) is 0 Å². The number of nitrogens with one attached hydrogen (secondary N) is 1. The summed E-state index contributed by atoms with van der Waals surface area (Å²) in [7, 11) is -3.86. The van der Waals surface area contributed by atoms with Gasteiger partial charge >= 0.3 is 18.9 Å². The number of rotatable bonds is 6. The van der Waals surface area contributed by atoms with Crippen molar-refractivity contribution in [1.82, 2.24) is 5.32 Å². The van der Waals surface area contributed by atoms with E-state index >= 15 is 0 Å². The first-order chi connectivity index (χ1) is 5.95. The molecule has 7 heteroatoms. The van der Waals surface area contributed by atoms with E-state index in [1.165, 1.54) is 0 Å². The van der Waals surface area contributed by atoms with Crippen LogP contribution in [0.2, 0.25) is 0 Å². The molecule has 0 aliphatic carbocycles. The van der Waals surface area contributed by atoms with E-state index in [9.17, 15) is 13.2 Å². The third-order valence-corrected chi connectivity index (χ3v) is 2.12. The van der Waals surface area contributed by atoms with Gasteiger partial charge in [0.05, 0.1) is 5.75 Å². The monoisotopic (exact) mass is 215 g/mol. The van der Waals surface area contributed by atoms with Gasteiger partial charge in [-0.1, -0.05) is 6.58 Å². The summed E-state index contributed by atoms with van der Waals surface area (Å²) in [6.45, 7) is 3.64. The predicted octanol–water partition coefficient (Wildman–Crippen LogP) is -2.93. The molecule has 0 bridgehead atoms. The molecule has 0 atom stereocenters. The molecule has 5 nitrogen and oxygen atoms in total. The van der Waals surface area contributed by atoms with E-state index in [-0.39, 0.29) is 31.9 Å². The summed E-state index contributed by atoms with van der Waals surface area (Å²) in [6.07, 6.45) is 1.98. The zero-order chi connectivity index (χ0) is 10.3. The normalized spacial score (nSPS) is 10.1. The van der Waals surface area contributed by atoms with Crippen LogP contribution in [-0.2, 0) is 14.9 Å². The van der Waals surface area contributed by atoms with Gasteiger partial charge in [-0.05, 0) is 18.9 Å². The maximum absolute atomic E-state index is 10.6. The summed E-state index contributed by atoms with van der Waals surface area (Å²) in [5.41, 5.74) is 0. The van der Waals surface area contributed by atoms with Gasteiger partial charge in [0.25, 0.3) is 10.1 Å². The van der Waals surface area contributed by atoms with Crippen LogP contribution >= 0.6 is 0 Å². The first-order valence-electron chi connectivity index (χ1n) is 3.81. The minimum atomic E-state index is -3.86. The topological polar surface area (TPSA) is 83.5 Å². The van der Waals surface area contributed by atoms with E-state index in [1.807, 2.05) is 0 Å². The molecule has 0 unspecified atom stereocenters. The summed E-state index contributed by atoms with van der Waals surface area (Å²) >= 11 is 0. The van der Waals surface area contributed by atoms with Crippen LogP contribution < -0.4 is 24.2 Å². The van der Waals surface area contributed by atoms with Gasteiger partial charge in [-0.15, -0.1) is 0 Å². The number of hydrogen-bond acceptors (Lipinski definition) is 3. The second kappa shape index (κ2) is 8.06. The van der Waals surface area contributed by atoms with Crippen molar-refractivity contribution in [2.24, 2.45) is 0 Å². The molecule has 1 amide bonds. The van der Waals surface area contributed by atoms with Crippen LogP contribution in [0.25, 0.3) is 0 Å².